The van der Waals surface area contributed by atoms with Crippen molar-refractivity contribution in [3.8, 4) is 0 Å². The summed E-state index contributed by atoms with van der Waals surface area (Å²) in [6.07, 6.45) is 6.20. The van der Waals surface area contributed by atoms with E-state index in [2.05, 4.69) is 21.2 Å². The highest BCUT2D eigenvalue weighted by Crippen LogP contribution is 2.21. The van der Waals surface area contributed by atoms with Gasteiger partial charge >= 0.3 is 5.97 Å². The van der Waals surface area contributed by atoms with Crippen molar-refractivity contribution in [3.63, 3.8) is 0 Å². The fourth-order valence-corrected chi connectivity index (χ4v) is 2.39. The summed E-state index contributed by atoms with van der Waals surface area (Å²) in [5.41, 5.74) is 0.0537. The van der Waals surface area contributed by atoms with Gasteiger partial charge in [0.1, 0.15) is 5.82 Å². The van der Waals surface area contributed by atoms with Crippen LogP contribution >= 0.6 is 15.9 Å². The topological polar surface area (TPSA) is 55.4 Å². The molecule has 1 atom stereocenters. The normalized spacial score (nSPS) is 16.8. The zero-order chi connectivity index (χ0) is 15.2. The summed E-state index contributed by atoms with van der Waals surface area (Å²) >= 11 is 3.13. The minimum absolute atomic E-state index is 0.0537. The third-order valence-corrected chi connectivity index (χ3v) is 3.60. The van der Waals surface area contributed by atoms with Gasteiger partial charge in [-0.15, -0.1) is 0 Å². The molecule has 0 unspecified atom stereocenters. The van der Waals surface area contributed by atoms with Gasteiger partial charge in [0, 0.05) is 4.47 Å². The Hall–Kier alpha value is -1.69. The molecule has 1 N–H and O–H groups in total. The van der Waals surface area contributed by atoms with E-state index in [0.29, 0.717) is 4.47 Å². The Kier molecular flexibility index (Phi) is 5.50. The minimum Gasteiger partial charge on any atom is -0.456 e. The van der Waals surface area contributed by atoms with Gasteiger partial charge in [0.05, 0.1) is 12.1 Å². The molecule has 0 aliphatic heterocycles. The van der Waals surface area contributed by atoms with Crippen molar-refractivity contribution < 1.29 is 18.7 Å². The third kappa shape index (κ3) is 4.97. The Morgan fingerprint density at radius 3 is 2.90 bits per heavy atom. The zero-order valence-electron chi connectivity index (χ0n) is 11.3. The Labute approximate surface area is 130 Å². The smallest absolute Gasteiger partial charge is 0.306 e. The number of hydrogen-bond donors (Lipinski definition) is 1. The molecule has 2 rings (SSSR count). The van der Waals surface area contributed by atoms with Crippen LogP contribution < -0.4 is 5.32 Å². The van der Waals surface area contributed by atoms with Crippen molar-refractivity contribution >= 4 is 33.5 Å². The van der Waals surface area contributed by atoms with Crippen LogP contribution in [0.2, 0.25) is 0 Å². The van der Waals surface area contributed by atoms with E-state index in [-0.39, 0.29) is 18.0 Å². The second-order valence-corrected chi connectivity index (χ2v) is 5.72. The first-order chi connectivity index (χ1) is 10.0. The van der Waals surface area contributed by atoms with Gasteiger partial charge in [-0.2, -0.15) is 0 Å². The van der Waals surface area contributed by atoms with Gasteiger partial charge in [-0.05, 0) is 37.0 Å². The van der Waals surface area contributed by atoms with Crippen LogP contribution in [0.1, 0.15) is 19.3 Å². The summed E-state index contributed by atoms with van der Waals surface area (Å²) in [6, 6.07) is 4.29. The Morgan fingerprint density at radius 1 is 1.43 bits per heavy atom. The maximum Gasteiger partial charge on any atom is 0.306 e. The molecular formula is C15H15BrFNO3. The highest BCUT2D eigenvalue weighted by atomic mass is 79.9. The highest BCUT2D eigenvalue weighted by Gasteiger charge is 2.16. The van der Waals surface area contributed by atoms with Crippen molar-refractivity contribution in [1.82, 2.24) is 0 Å². The van der Waals surface area contributed by atoms with Crippen LogP contribution in [-0.2, 0) is 14.3 Å². The number of ether oxygens (including phenoxy) is 1. The molecule has 0 radical (unpaired) electrons. The van der Waals surface area contributed by atoms with E-state index in [4.69, 9.17) is 4.74 Å². The number of allylic oxidation sites excluding steroid dienone is 2. The number of anilines is 1. The van der Waals surface area contributed by atoms with Gasteiger partial charge in [0.2, 0.25) is 0 Å². The van der Waals surface area contributed by atoms with Gasteiger partial charge in [0.25, 0.3) is 5.91 Å². The van der Waals surface area contributed by atoms with E-state index < -0.39 is 24.3 Å². The monoisotopic (exact) mass is 355 g/mol. The van der Waals surface area contributed by atoms with Gasteiger partial charge in [-0.3, -0.25) is 9.59 Å². The lowest BCUT2D eigenvalue weighted by atomic mass is 10.1. The van der Waals surface area contributed by atoms with E-state index in [1.54, 1.807) is 6.07 Å². The lowest BCUT2D eigenvalue weighted by Crippen LogP contribution is -2.22. The summed E-state index contributed by atoms with van der Waals surface area (Å²) in [4.78, 5) is 23.2. The number of halogens is 2. The van der Waals surface area contributed by atoms with Gasteiger partial charge in [-0.1, -0.05) is 28.1 Å². The molecule has 0 fully saturated rings. The number of esters is 1. The van der Waals surface area contributed by atoms with Gasteiger partial charge in [-0.25, -0.2) is 4.39 Å². The molecule has 0 saturated carbocycles. The maximum absolute atomic E-state index is 13.5. The lowest BCUT2D eigenvalue weighted by molar-refractivity contribution is -0.147. The van der Waals surface area contributed by atoms with Crippen molar-refractivity contribution in [1.29, 1.82) is 0 Å². The number of amides is 1. The molecular weight excluding hydrogens is 341 g/mol. The number of rotatable bonds is 5. The molecule has 6 heteroatoms. The largest absolute Gasteiger partial charge is 0.456 e. The van der Waals surface area contributed by atoms with E-state index in [0.717, 1.165) is 12.8 Å². The number of carbonyl (C=O) groups excluding carboxylic acids is 2. The van der Waals surface area contributed by atoms with E-state index in [9.17, 15) is 14.0 Å². The molecule has 1 aliphatic carbocycles. The predicted molar refractivity (Wildman–Crippen MR) is 80.2 cm³/mol. The van der Waals surface area contributed by atoms with E-state index in [1.807, 2.05) is 12.2 Å². The van der Waals surface area contributed by atoms with Crippen LogP contribution in [0.5, 0.6) is 0 Å². The molecule has 1 aromatic carbocycles. The molecule has 1 aliphatic rings. The van der Waals surface area contributed by atoms with E-state index >= 15 is 0 Å². The van der Waals surface area contributed by atoms with Crippen molar-refractivity contribution in [2.24, 2.45) is 5.92 Å². The van der Waals surface area contributed by atoms with E-state index in [1.165, 1.54) is 12.1 Å². The average Bonchev–Trinajstić information content (AvgIpc) is 2.92. The molecule has 1 amide bonds. The Balaban J connectivity index is 1.76. The number of hydrogen-bond acceptors (Lipinski definition) is 3. The molecule has 4 nitrogen and oxygen atoms in total. The summed E-state index contributed by atoms with van der Waals surface area (Å²) < 4.78 is 19.0. The van der Waals surface area contributed by atoms with Crippen LogP contribution in [0.25, 0.3) is 0 Å². The first-order valence-electron chi connectivity index (χ1n) is 6.62. The average molecular weight is 356 g/mol. The summed E-state index contributed by atoms with van der Waals surface area (Å²) in [5, 5.41) is 2.36. The van der Waals surface area contributed by atoms with Crippen molar-refractivity contribution in [2.45, 2.75) is 19.3 Å². The Bertz CT molecular complexity index is 574. The van der Waals surface area contributed by atoms with Gasteiger partial charge < -0.3 is 10.1 Å². The zero-order valence-corrected chi connectivity index (χ0v) is 12.9. The van der Waals surface area contributed by atoms with Gasteiger partial charge in [0.15, 0.2) is 6.61 Å². The Morgan fingerprint density at radius 2 is 2.24 bits per heavy atom. The standard InChI is InChI=1S/C15H15BrFNO3/c16-11-5-6-13(12(17)8-11)18-14(19)9-21-15(20)7-10-3-1-2-4-10/h1,3,5-6,8,10H,2,4,7,9H2,(H,18,19)/t10-/m1/s1. The number of benzene rings is 1. The molecule has 0 bridgehead atoms. The molecule has 0 aromatic heterocycles. The first kappa shape index (κ1) is 15.7. The second kappa shape index (κ2) is 7.36. The number of carbonyl (C=O) groups is 2. The van der Waals surface area contributed by atoms with Crippen LogP contribution in [-0.4, -0.2) is 18.5 Å². The summed E-state index contributed by atoms with van der Waals surface area (Å²) in [6.45, 7) is -0.412. The molecule has 21 heavy (non-hydrogen) atoms. The third-order valence-electron chi connectivity index (χ3n) is 3.11. The van der Waals surface area contributed by atoms with Crippen LogP contribution in [0, 0.1) is 11.7 Å². The van der Waals surface area contributed by atoms with Crippen molar-refractivity contribution in [2.75, 3.05) is 11.9 Å². The molecule has 1 aromatic rings. The molecule has 0 saturated heterocycles. The quantitative estimate of drug-likeness (QED) is 0.650. The predicted octanol–water partition coefficient (Wildman–Crippen LogP) is 3.43. The second-order valence-electron chi connectivity index (χ2n) is 4.80. The fourth-order valence-electron chi connectivity index (χ4n) is 2.06. The highest BCUT2D eigenvalue weighted by molar-refractivity contribution is 9.10. The SMILES string of the molecule is O=C(COC(=O)C[C@@H]1C=CCC1)Nc1ccc(Br)cc1F. The maximum atomic E-state index is 13.5. The molecule has 0 heterocycles. The minimum atomic E-state index is -0.563. The fraction of sp³-hybridized carbons (Fsp3) is 0.333. The molecule has 0 spiro atoms. The summed E-state index contributed by atoms with van der Waals surface area (Å²) in [5.74, 6) is -1.34. The van der Waals surface area contributed by atoms with Crippen molar-refractivity contribution in [3.05, 3.63) is 40.6 Å². The van der Waals surface area contributed by atoms with Crippen LogP contribution in [0.15, 0.2) is 34.8 Å². The van der Waals surface area contributed by atoms with Crippen LogP contribution in [0.4, 0.5) is 10.1 Å². The molecule has 112 valence electrons. The van der Waals surface area contributed by atoms with Crippen LogP contribution in [0.3, 0.4) is 0 Å². The first-order valence-corrected chi connectivity index (χ1v) is 7.41. The number of nitrogens with one attached hydrogen (secondary N) is 1. The summed E-state index contributed by atoms with van der Waals surface area (Å²) in [7, 11) is 0. The lowest BCUT2D eigenvalue weighted by Gasteiger charge is -2.09.